The Morgan fingerprint density at radius 2 is 1.48 bits per heavy atom. The molecule has 2 aromatic rings. The Balaban J connectivity index is 0.00000151. The second-order valence-electron chi connectivity index (χ2n) is 8.31. The van der Waals surface area contributed by atoms with Gasteiger partial charge in [-0.1, -0.05) is 83.0 Å². The van der Waals surface area contributed by atoms with E-state index in [2.05, 4.69) is 123 Å². The van der Waals surface area contributed by atoms with E-state index >= 15 is 0 Å². The Labute approximate surface area is 197 Å². The fourth-order valence-electron chi connectivity index (χ4n) is 3.58. The molecule has 0 radical (unpaired) electrons. The maximum Gasteiger partial charge on any atom is 0.327 e. The molecule has 6 heteroatoms. The van der Waals surface area contributed by atoms with Gasteiger partial charge in [-0.25, -0.2) is 0 Å². The molecule has 2 aromatic carbocycles. The van der Waals surface area contributed by atoms with Gasteiger partial charge in [-0.2, -0.15) is 12.6 Å². The Morgan fingerprint density at radius 1 is 0.935 bits per heavy atom. The molecule has 0 aliphatic rings. The second-order valence-corrected chi connectivity index (χ2v) is 9.42. The Kier molecular flexibility index (Phi) is 12.3. The molecule has 0 heterocycles. The molecule has 0 atom stereocenters. The van der Waals surface area contributed by atoms with Crippen LogP contribution in [-0.2, 0) is 4.75 Å². The largest absolute Gasteiger partial charge is 0.415 e. The highest BCUT2D eigenvalue weighted by Gasteiger charge is 2.28. The smallest absolute Gasteiger partial charge is 0.327 e. The summed E-state index contributed by atoms with van der Waals surface area (Å²) in [5.74, 6) is 0. The first kappa shape index (κ1) is 27.0. The lowest BCUT2D eigenvalue weighted by Gasteiger charge is -2.33. The van der Waals surface area contributed by atoms with Crippen molar-refractivity contribution in [3.05, 3.63) is 79.0 Å². The van der Waals surface area contributed by atoms with Gasteiger partial charge in [-0.15, -0.1) is 5.73 Å². The predicted molar refractivity (Wildman–Crippen MR) is 146 cm³/mol. The summed E-state index contributed by atoms with van der Waals surface area (Å²) in [6, 6.07) is 18.9. The van der Waals surface area contributed by atoms with E-state index in [1.807, 2.05) is 0 Å². The molecule has 2 rings (SSSR count). The van der Waals surface area contributed by atoms with Crippen molar-refractivity contribution in [2.24, 2.45) is 0 Å². The van der Waals surface area contributed by atoms with Crippen LogP contribution in [-0.4, -0.2) is 25.2 Å². The third-order valence-electron chi connectivity index (χ3n) is 5.11. The van der Waals surface area contributed by atoms with Crippen LogP contribution in [0.25, 0.3) is 0 Å². The van der Waals surface area contributed by atoms with Crippen LogP contribution in [0.2, 0.25) is 13.6 Å². The molecule has 0 unspecified atom stereocenters. The number of rotatable bonds is 11. The second kappa shape index (κ2) is 14.1. The summed E-state index contributed by atoms with van der Waals surface area (Å²) in [7, 11) is 0. The van der Waals surface area contributed by atoms with Crippen LogP contribution in [0.5, 0.6) is 0 Å². The van der Waals surface area contributed by atoms with Crippen LogP contribution in [0, 0.1) is 0 Å². The van der Waals surface area contributed by atoms with Gasteiger partial charge in [0.25, 0.3) is 0 Å². The van der Waals surface area contributed by atoms with Gasteiger partial charge in [0, 0.05) is 16.1 Å². The maximum absolute atomic E-state index is 4.80. The van der Waals surface area contributed by atoms with E-state index in [-0.39, 0.29) is 18.7 Å². The lowest BCUT2D eigenvalue weighted by atomic mass is 9.61. The molecule has 0 fully saturated rings. The first-order valence-corrected chi connectivity index (χ1v) is 11.6. The number of para-hydroxylation sites is 2. The number of anilines is 2. The molecule has 0 amide bonds. The van der Waals surface area contributed by atoms with Crippen LogP contribution in [0.4, 0.5) is 11.4 Å². The van der Waals surface area contributed by atoms with Crippen LogP contribution in [0.3, 0.4) is 0 Å². The summed E-state index contributed by atoms with van der Waals surface area (Å²) < 4.78 is 2.31. The van der Waals surface area contributed by atoms with E-state index in [1.165, 1.54) is 24.8 Å². The van der Waals surface area contributed by atoms with Gasteiger partial charge in [0.2, 0.25) is 0 Å². The molecule has 2 N–H and O–H groups in total. The number of benzene rings is 2. The highest BCUT2D eigenvalue weighted by molar-refractivity contribution is 7.81. The zero-order valence-electron chi connectivity index (χ0n) is 20.0. The number of hydrogen-bond acceptors (Lipinski definition) is 4. The van der Waals surface area contributed by atoms with Crippen molar-refractivity contribution in [1.82, 2.24) is 4.72 Å². The summed E-state index contributed by atoms with van der Waals surface area (Å²) in [6.45, 7) is 18.7. The summed E-state index contributed by atoms with van der Waals surface area (Å²) in [4.78, 5) is 0. The van der Waals surface area contributed by atoms with Crippen molar-refractivity contribution in [2.45, 2.75) is 58.4 Å². The zero-order valence-corrected chi connectivity index (χ0v) is 20.9. The van der Waals surface area contributed by atoms with E-state index in [0.29, 0.717) is 0 Å². The lowest BCUT2D eigenvalue weighted by molar-refractivity contribution is 0.578. The molecule has 0 saturated heterocycles. The van der Waals surface area contributed by atoms with Gasteiger partial charge in [-0.3, -0.25) is 0 Å². The van der Waals surface area contributed by atoms with Gasteiger partial charge in [0.05, 0.1) is 0 Å². The fraction of sp³-hybridized carbons (Fsp3) is 0.400. The molecule has 0 saturated carbocycles. The molecule has 31 heavy (non-hydrogen) atoms. The summed E-state index contributed by atoms with van der Waals surface area (Å²) in [6.07, 6.45) is 3.68. The monoisotopic (exact) mass is 435 g/mol. The molecule has 0 aliphatic heterocycles. The van der Waals surface area contributed by atoms with Crippen molar-refractivity contribution in [3.8, 4) is 0 Å². The van der Waals surface area contributed by atoms with Gasteiger partial charge >= 0.3 is 14.0 Å². The highest BCUT2D eigenvalue weighted by atomic mass is 32.1. The van der Waals surface area contributed by atoms with E-state index < -0.39 is 0 Å². The molecule has 0 bridgehead atoms. The minimum absolute atomic E-state index is 0.190. The number of nitrogens with zero attached hydrogens (tertiary/aromatic N) is 1. The highest BCUT2D eigenvalue weighted by Crippen LogP contribution is 2.33. The molecule has 0 aliphatic carbocycles. The van der Waals surface area contributed by atoms with Gasteiger partial charge in [0.1, 0.15) is 0 Å². The molecule has 3 nitrogen and oxygen atoms in total. The lowest BCUT2D eigenvalue weighted by Crippen LogP contribution is -2.54. The summed E-state index contributed by atoms with van der Waals surface area (Å²) >= 11 is 4.80. The minimum atomic E-state index is -0.190. The normalized spacial score (nSPS) is 10.5. The first-order chi connectivity index (χ1) is 14.7. The number of nitrogens with one attached hydrogen (secondary N) is 2. The van der Waals surface area contributed by atoms with Crippen LogP contribution in [0.15, 0.2) is 73.5 Å². The van der Waals surface area contributed by atoms with Crippen LogP contribution < -0.4 is 10.5 Å². The Hall–Kier alpha value is -2.00. The Morgan fingerprint density at radius 3 is 2.06 bits per heavy atom. The number of thiol groups is 1. The third-order valence-corrected chi connectivity index (χ3v) is 5.36. The van der Waals surface area contributed by atoms with Crippen molar-refractivity contribution in [3.63, 3.8) is 0 Å². The average Bonchev–Trinajstić information content (AvgIpc) is 2.72. The fourth-order valence-corrected chi connectivity index (χ4v) is 3.77. The molecule has 0 aromatic heterocycles. The van der Waals surface area contributed by atoms with Crippen molar-refractivity contribution in [2.75, 3.05) is 17.0 Å². The van der Waals surface area contributed by atoms with E-state index in [9.17, 15) is 0 Å². The molecule has 0 spiro atoms. The first-order valence-electron chi connectivity index (χ1n) is 11.2. The van der Waals surface area contributed by atoms with E-state index in [0.717, 1.165) is 17.9 Å². The number of hydrogen-bond donors (Lipinski definition) is 3. The summed E-state index contributed by atoms with van der Waals surface area (Å²) in [5, 5.41) is 7.40. The predicted octanol–water partition coefficient (Wildman–Crippen LogP) is 7.06. The topological polar surface area (TPSA) is 27.3 Å². The number of unbranched alkanes of at least 4 members (excludes halogenated alkanes) is 2. The summed E-state index contributed by atoms with van der Waals surface area (Å²) in [5.41, 5.74) is 5.78. The van der Waals surface area contributed by atoms with Crippen molar-refractivity contribution >= 4 is 38.0 Å². The quantitative estimate of drug-likeness (QED) is 0.153. The van der Waals surface area contributed by atoms with Gasteiger partial charge in [-0.05, 0) is 50.6 Å². The van der Waals surface area contributed by atoms with Gasteiger partial charge < -0.3 is 15.2 Å². The van der Waals surface area contributed by atoms with E-state index in [4.69, 9.17) is 12.6 Å². The standard InChI is InChI=1S/C22H35B2N3S.C3H4/c1-6-7-13-18-27(23(4)25-19-14-9-8-10-15-19)24(5)26-21-17-12-11-16-20(21)22(2,3)28;1-3-2/h8-12,14-17,25-26,28H,6-7,13,18H2,1-5H3;1-2H2. The zero-order chi connectivity index (χ0) is 23.3. The molecule has 166 valence electrons. The van der Waals surface area contributed by atoms with Crippen molar-refractivity contribution < 1.29 is 0 Å². The molecular weight excluding hydrogens is 396 g/mol. The minimum Gasteiger partial charge on any atom is -0.415 e. The average molecular weight is 435 g/mol. The van der Waals surface area contributed by atoms with Crippen molar-refractivity contribution in [1.29, 1.82) is 0 Å². The maximum atomic E-state index is 4.80. The third kappa shape index (κ3) is 9.78. The van der Waals surface area contributed by atoms with Crippen LogP contribution >= 0.6 is 12.6 Å². The SMILES string of the molecule is C=C=C.CCCCCN(B(C)Nc1ccccc1)B(C)Nc1ccccc1C(C)(C)S. The Bertz CT molecular complexity index is 787. The molecular formula is C25H39B2N3S. The van der Waals surface area contributed by atoms with E-state index in [1.54, 1.807) is 0 Å². The van der Waals surface area contributed by atoms with Crippen LogP contribution in [0.1, 0.15) is 45.6 Å². The van der Waals surface area contributed by atoms with Gasteiger partial charge in [0.15, 0.2) is 0 Å².